The van der Waals surface area contributed by atoms with Gasteiger partial charge < -0.3 is 27.1 Å². The summed E-state index contributed by atoms with van der Waals surface area (Å²) in [6.07, 6.45) is 0. The van der Waals surface area contributed by atoms with Crippen molar-refractivity contribution in [2.45, 2.75) is 0 Å². The van der Waals surface area contributed by atoms with Crippen LogP contribution in [-0.2, 0) is 63.1 Å². The summed E-state index contributed by atoms with van der Waals surface area (Å²) in [4.78, 5) is 0. The van der Waals surface area contributed by atoms with Gasteiger partial charge in [-0.3, -0.25) is 0 Å². The van der Waals surface area contributed by atoms with Crippen LogP contribution in [0, 0.1) is 26.6 Å². The summed E-state index contributed by atoms with van der Waals surface area (Å²) in [6.45, 7) is 18.0. The zero-order valence-electron chi connectivity index (χ0n) is 13.4. The summed E-state index contributed by atoms with van der Waals surface area (Å²) in [5.41, 5.74) is 0. The third-order valence-electron chi connectivity index (χ3n) is 0.894. The quantitative estimate of drug-likeness (QED) is 0.373. The van der Waals surface area contributed by atoms with Gasteiger partial charge in [0.2, 0.25) is 0 Å². The van der Waals surface area contributed by atoms with Crippen molar-refractivity contribution >= 4 is 17.2 Å². The van der Waals surface area contributed by atoms with Crippen LogP contribution in [0.15, 0.2) is 0 Å². The van der Waals surface area contributed by atoms with Crippen LogP contribution in [0.2, 0.25) is 0 Å². The maximum atomic E-state index is 7.50. The first-order chi connectivity index (χ1) is 10.7. The molecule has 0 aromatic rings. The van der Waals surface area contributed by atoms with Gasteiger partial charge in [-0.1, -0.05) is 0 Å². The summed E-state index contributed by atoms with van der Waals surface area (Å²) >= 11 is 0. The molecule has 0 bridgehead atoms. The first-order valence-corrected chi connectivity index (χ1v) is 6.55. The Bertz CT molecular complexity index is 182. The third kappa shape index (κ3) is 61.0. The van der Waals surface area contributed by atoms with E-state index in [1.807, 2.05) is 0 Å². The summed E-state index contributed by atoms with van der Waals surface area (Å²) < 4.78 is 58.0. The molecule has 134 valence electrons. The Morgan fingerprint density at radius 2 is 0.522 bits per heavy atom. The smallest absolute Gasteiger partial charge is 0 e. The standard InChI is InChI=1S/2C3H9O3P.4CO.Cr/c2*1-4-7(5-2)6-3;4*1-2;/h2*1-3H3;;;;;. The van der Waals surface area contributed by atoms with Crippen molar-refractivity contribution in [2.75, 3.05) is 42.7 Å². The van der Waals surface area contributed by atoms with Crippen molar-refractivity contribution in [1.29, 1.82) is 0 Å². The van der Waals surface area contributed by atoms with E-state index in [0.29, 0.717) is 0 Å². The molecule has 0 aliphatic rings. The van der Waals surface area contributed by atoms with Crippen LogP contribution in [0.1, 0.15) is 0 Å². The molecule has 0 atom stereocenters. The predicted molar refractivity (Wildman–Crippen MR) is 71.6 cm³/mol. The van der Waals surface area contributed by atoms with E-state index in [0.717, 1.165) is 0 Å². The van der Waals surface area contributed by atoms with Gasteiger partial charge in [-0.25, -0.2) is 0 Å². The second kappa shape index (κ2) is 67.2. The Morgan fingerprint density at radius 3 is 0.522 bits per heavy atom. The molecule has 0 amide bonds. The van der Waals surface area contributed by atoms with Gasteiger partial charge in [0, 0.05) is 60.0 Å². The average molecular weight is 412 g/mol. The van der Waals surface area contributed by atoms with Crippen molar-refractivity contribution < 1.29 is 63.1 Å². The fourth-order valence-electron chi connectivity index (χ4n) is 0.447. The molecule has 10 nitrogen and oxygen atoms in total. The molecule has 0 unspecified atom stereocenters. The molecule has 0 fully saturated rings. The van der Waals surface area contributed by atoms with Gasteiger partial charge >= 0.3 is 62.4 Å². The minimum Gasteiger partial charge on any atom is 0 e. The summed E-state index contributed by atoms with van der Waals surface area (Å²) in [5.74, 6) is 0. The first-order valence-electron chi connectivity index (χ1n) is 4.36. The van der Waals surface area contributed by atoms with Crippen LogP contribution < -0.4 is 0 Å². The molecule has 0 saturated carbocycles. The van der Waals surface area contributed by atoms with Crippen molar-refractivity contribution in [2.24, 2.45) is 0 Å². The Balaban J connectivity index is -0.0000000301. The second-order valence-electron chi connectivity index (χ2n) is 1.54. The number of hydrogen-bond acceptors (Lipinski definition) is 6. The molecule has 13 heteroatoms. The molecule has 0 spiro atoms. The Kier molecular flexibility index (Phi) is 127. The summed E-state index contributed by atoms with van der Waals surface area (Å²) in [5, 5.41) is 0. The normalized spacial score (nSPS) is 6.61. The van der Waals surface area contributed by atoms with E-state index in [1.54, 1.807) is 42.7 Å². The van der Waals surface area contributed by atoms with E-state index < -0.39 is 17.2 Å². The molecule has 0 heterocycles. The maximum Gasteiger partial charge on any atom is 0 e. The van der Waals surface area contributed by atoms with Crippen LogP contribution in [0.25, 0.3) is 0 Å². The Labute approximate surface area is 150 Å². The molecular weight excluding hydrogens is 394 g/mol. The number of rotatable bonds is 6. The van der Waals surface area contributed by atoms with Gasteiger partial charge in [-0.05, 0) is 0 Å². The fourth-order valence-corrected chi connectivity index (χ4v) is 1.34. The molecule has 0 aliphatic carbocycles. The van der Waals surface area contributed by atoms with Crippen molar-refractivity contribution in [3.05, 3.63) is 26.6 Å². The van der Waals surface area contributed by atoms with Crippen LogP contribution >= 0.6 is 17.2 Å². The van der Waals surface area contributed by atoms with E-state index >= 15 is 0 Å². The Morgan fingerprint density at radius 1 is 0.435 bits per heavy atom. The van der Waals surface area contributed by atoms with Gasteiger partial charge in [-0.2, -0.15) is 0 Å². The van der Waals surface area contributed by atoms with Gasteiger partial charge in [-0.15, -0.1) is 0 Å². The molecule has 0 N–H and O–H groups in total. The van der Waals surface area contributed by atoms with E-state index in [4.69, 9.17) is 18.6 Å². The fraction of sp³-hybridized carbons (Fsp3) is 0.600. The Hall–Kier alpha value is 0.112. The molecule has 0 saturated heterocycles. The van der Waals surface area contributed by atoms with Crippen LogP contribution in [-0.4, -0.2) is 42.7 Å². The molecule has 0 aromatic carbocycles. The predicted octanol–water partition coefficient (Wildman–Crippen LogP) is 2.15. The van der Waals surface area contributed by atoms with Crippen molar-refractivity contribution in [3.63, 3.8) is 0 Å². The van der Waals surface area contributed by atoms with Crippen molar-refractivity contribution in [1.82, 2.24) is 0 Å². The van der Waals surface area contributed by atoms with E-state index in [1.165, 1.54) is 0 Å². The van der Waals surface area contributed by atoms with Crippen LogP contribution in [0.5, 0.6) is 0 Å². The topological polar surface area (TPSA) is 135 Å². The summed E-state index contributed by atoms with van der Waals surface area (Å²) in [6, 6.07) is 0. The molecule has 0 rings (SSSR count). The monoisotopic (exact) mass is 412 g/mol. The molecule has 0 radical (unpaired) electrons. The van der Waals surface area contributed by atoms with E-state index in [9.17, 15) is 0 Å². The van der Waals surface area contributed by atoms with Crippen LogP contribution in [0.3, 0.4) is 0 Å². The largest absolute Gasteiger partial charge is 0 e. The molecule has 23 heavy (non-hydrogen) atoms. The second-order valence-corrected chi connectivity index (χ2v) is 4.63. The van der Waals surface area contributed by atoms with Crippen LogP contribution in [0.4, 0.5) is 0 Å². The third-order valence-corrected chi connectivity index (χ3v) is 2.68. The van der Waals surface area contributed by atoms with Gasteiger partial charge in [0.1, 0.15) is 0 Å². The van der Waals surface area contributed by atoms with Crippen molar-refractivity contribution in [3.8, 4) is 0 Å². The summed E-state index contributed by atoms with van der Waals surface area (Å²) in [7, 11) is 7.13. The molecular formula is C10H18CrO10P2. The zero-order chi connectivity index (χ0) is 19.4. The molecule has 0 aromatic heterocycles. The van der Waals surface area contributed by atoms with Gasteiger partial charge in [0.15, 0.2) is 0 Å². The molecule has 0 aliphatic heterocycles. The van der Waals surface area contributed by atoms with Gasteiger partial charge in [0.05, 0.1) is 0 Å². The van der Waals surface area contributed by atoms with Gasteiger partial charge in [0.25, 0.3) is 0 Å². The SMILES string of the molecule is COP(OC)OC.COP(OC)OC.[C-]#[O+].[C-]#[O+].[C-]#[O+].[C-]#[O+].[Cr]. The average Bonchev–Trinajstić information content (AvgIpc) is 2.65. The maximum absolute atomic E-state index is 7.50. The zero-order valence-corrected chi connectivity index (χ0v) is 16.4. The van der Waals surface area contributed by atoms with E-state index in [2.05, 4.69) is 53.7 Å². The minimum absolute atomic E-state index is 0. The van der Waals surface area contributed by atoms with E-state index in [-0.39, 0.29) is 17.4 Å². The first kappa shape index (κ1) is 43.5. The minimum atomic E-state index is -1.05. The number of hydrogen-bond donors (Lipinski definition) is 0.